The van der Waals surface area contributed by atoms with Gasteiger partial charge in [0.25, 0.3) is 5.91 Å². The zero-order chi connectivity index (χ0) is 22.4. The highest BCUT2D eigenvalue weighted by atomic mass is 32.2. The number of nitrogens with zero attached hydrogens (tertiary/aromatic N) is 1. The minimum atomic E-state index is -4.94. The molecule has 31 heavy (non-hydrogen) atoms. The van der Waals surface area contributed by atoms with Crippen molar-refractivity contribution in [1.82, 2.24) is 5.32 Å². The van der Waals surface area contributed by atoms with E-state index >= 15 is 0 Å². The lowest BCUT2D eigenvalue weighted by atomic mass is 9.92. The molecule has 0 aromatic heterocycles. The first-order chi connectivity index (χ1) is 14.7. The number of carbonyl (C=O) groups is 2. The van der Waals surface area contributed by atoms with Gasteiger partial charge in [-0.2, -0.15) is 13.2 Å². The van der Waals surface area contributed by atoms with E-state index in [1.165, 1.54) is 37.4 Å². The number of ether oxygens (including phenoxy) is 2. The van der Waals surface area contributed by atoms with Crippen molar-refractivity contribution in [2.45, 2.75) is 23.7 Å². The van der Waals surface area contributed by atoms with Crippen molar-refractivity contribution < 1.29 is 32.2 Å². The topological polar surface area (TPSA) is 67.9 Å². The van der Waals surface area contributed by atoms with Gasteiger partial charge in [-0.15, -0.1) is 0 Å². The van der Waals surface area contributed by atoms with Crippen LogP contribution in [0.3, 0.4) is 0 Å². The number of benzene rings is 2. The predicted molar refractivity (Wildman–Crippen MR) is 107 cm³/mol. The van der Waals surface area contributed by atoms with Crippen LogP contribution in [0.4, 0.5) is 18.9 Å². The number of methoxy groups -OCH3 is 1. The van der Waals surface area contributed by atoms with Crippen molar-refractivity contribution in [1.29, 1.82) is 0 Å². The van der Waals surface area contributed by atoms with Crippen LogP contribution in [0.5, 0.6) is 5.75 Å². The summed E-state index contributed by atoms with van der Waals surface area (Å²) >= 11 is 0.926. The summed E-state index contributed by atoms with van der Waals surface area (Å²) < 4.78 is 54.4. The molecule has 10 heteroatoms. The van der Waals surface area contributed by atoms with Gasteiger partial charge >= 0.3 is 12.1 Å². The number of amides is 1. The molecule has 2 aromatic carbocycles. The molecule has 0 bridgehead atoms. The summed E-state index contributed by atoms with van der Waals surface area (Å²) in [5, 5.41) is 1.95. The molecule has 1 N–H and O–H groups in total. The number of esters is 1. The zero-order valence-electron chi connectivity index (χ0n) is 16.4. The highest BCUT2D eigenvalue weighted by molar-refractivity contribution is 8.03. The van der Waals surface area contributed by atoms with Crippen LogP contribution < -0.4 is 15.0 Å². The Balaban J connectivity index is 2.02. The molecule has 4 rings (SSSR count). The van der Waals surface area contributed by atoms with Crippen LogP contribution in [0.2, 0.25) is 0 Å². The van der Waals surface area contributed by atoms with Crippen LogP contribution in [0.25, 0.3) is 0 Å². The Labute approximate surface area is 180 Å². The fourth-order valence-electron chi connectivity index (χ4n) is 3.64. The first-order valence-electron chi connectivity index (χ1n) is 9.27. The lowest BCUT2D eigenvalue weighted by Gasteiger charge is -2.47. The Hall–Kier alpha value is -3.14. The number of nitrogens with one attached hydrogen (secondary N) is 1. The van der Waals surface area contributed by atoms with Crippen molar-refractivity contribution in [3.8, 4) is 5.75 Å². The first-order valence-corrected chi connectivity index (χ1v) is 10.1. The number of carbonyl (C=O) groups excluding carboxylic acids is 2. The number of halogens is 3. The van der Waals surface area contributed by atoms with Crippen LogP contribution in [0.15, 0.2) is 64.0 Å². The fourth-order valence-corrected chi connectivity index (χ4v) is 4.86. The van der Waals surface area contributed by atoms with E-state index in [9.17, 15) is 22.8 Å². The molecule has 2 heterocycles. The van der Waals surface area contributed by atoms with Crippen LogP contribution in [0, 0.1) is 0 Å². The Morgan fingerprint density at radius 3 is 2.45 bits per heavy atom. The number of hydrogen-bond acceptors (Lipinski definition) is 6. The molecule has 162 valence electrons. The molecule has 1 atom stereocenters. The largest absolute Gasteiger partial charge is 0.497 e. The second kappa shape index (κ2) is 7.52. The number of thioether (sulfide) groups is 1. The van der Waals surface area contributed by atoms with Crippen LogP contribution in [-0.2, 0) is 20.0 Å². The molecule has 1 amide bonds. The summed E-state index contributed by atoms with van der Waals surface area (Å²) in [7, 11) is 1.40. The molecular formula is C21H17F3N2O4S. The van der Waals surface area contributed by atoms with Crippen molar-refractivity contribution in [3.63, 3.8) is 0 Å². The Morgan fingerprint density at radius 2 is 1.84 bits per heavy atom. The molecule has 0 saturated carbocycles. The number of anilines is 1. The third-order valence-electron chi connectivity index (χ3n) is 4.98. The maximum Gasteiger partial charge on any atom is 0.435 e. The van der Waals surface area contributed by atoms with Gasteiger partial charge in [0.15, 0.2) is 5.57 Å². The number of para-hydroxylation sites is 1. The molecule has 6 nitrogen and oxygen atoms in total. The second-order valence-electron chi connectivity index (χ2n) is 6.70. The third kappa shape index (κ3) is 3.13. The molecule has 2 aliphatic rings. The van der Waals surface area contributed by atoms with E-state index in [0.717, 1.165) is 16.7 Å². The van der Waals surface area contributed by atoms with Crippen LogP contribution in [0.1, 0.15) is 12.5 Å². The van der Waals surface area contributed by atoms with Gasteiger partial charge in [0.1, 0.15) is 10.8 Å². The van der Waals surface area contributed by atoms with Gasteiger partial charge in [-0.1, -0.05) is 36.0 Å². The first kappa shape index (κ1) is 21.1. The van der Waals surface area contributed by atoms with Crippen molar-refractivity contribution in [2.24, 2.45) is 0 Å². The maximum absolute atomic E-state index is 14.8. The van der Waals surface area contributed by atoms with Crippen molar-refractivity contribution in [3.05, 3.63) is 64.7 Å². The van der Waals surface area contributed by atoms with E-state index in [0.29, 0.717) is 10.6 Å². The van der Waals surface area contributed by atoms with Crippen LogP contribution in [-0.4, -0.2) is 31.8 Å². The van der Waals surface area contributed by atoms with Gasteiger partial charge in [-0.05, 0) is 31.2 Å². The van der Waals surface area contributed by atoms with E-state index < -0.39 is 29.3 Å². The maximum atomic E-state index is 14.8. The van der Waals surface area contributed by atoms with E-state index in [1.54, 1.807) is 25.1 Å². The summed E-state index contributed by atoms with van der Waals surface area (Å²) in [6, 6.07) is 11.7. The second-order valence-corrected chi connectivity index (χ2v) is 7.73. The van der Waals surface area contributed by atoms with E-state index in [2.05, 4.69) is 5.32 Å². The number of rotatable bonds is 4. The lowest BCUT2D eigenvalue weighted by Crippen LogP contribution is -2.68. The number of hydrogen-bond donors (Lipinski definition) is 1. The van der Waals surface area contributed by atoms with Gasteiger partial charge in [-0.25, -0.2) is 4.79 Å². The van der Waals surface area contributed by atoms with Gasteiger partial charge in [-0.3, -0.25) is 9.69 Å². The standard InChI is InChI=1S/C21H17F3N2O4S/c1-3-30-19(28)16-17(27)25-20(21(22,23)24,12-8-10-13(29-2)11-9-12)26-14-6-4-5-7-15(14)31-18(16)26/h4-11H,3H2,1-2H3,(H,25,27)/t20-/m1/s1. The van der Waals surface area contributed by atoms with Gasteiger partial charge < -0.3 is 14.8 Å². The minimum Gasteiger partial charge on any atom is -0.497 e. The summed E-state index contributed by atoms with van der Waals surface area (Å²) in [4.78, 5) is 26.9. The smallest absolute Gasteiger partial charge is 0.435 e. The van der Waals surface area contributed by atoms with Crippen molar-refractivity contribution >= 4 is 29.3 Å². The quantitative estimate of drug-likeness (QED) is 0.563. The Kier molecular flexibility index (Phi) is 5.12. The number of fused-ring (bicyclic) bond motifs is 3. The summed E-state index contributed by atoms with van der Waals surface area (Å²) in [5.74, 6) is -1.77. The van der Waals surface area contributed by atoms with Gasteiger partial charge in [0, 0.05) is 10.5 Å². The SMILES string of the molecule is CCOC(=O)C1=C2Sc3ccccc3N2[C@](c2ccc(OC)cc2)(C(F)(F)F)NC1=O. The van der Waals surface area contributed by atoms with E-state index in [1.807, 2.05) is 0 Å². The molecule has 2 aromatic rings. The van der Waals surface area contributed by atoms with E-state index in [4.69, 9.17) is 9.47 Å². The molecule has 0 aliphatic carbocycles. The molecule has 0 fully saturated rings. The molecule has 0 radical (unpaired) electrons. The fraction of sp³-hybridized carbons (Fsp3) is 0.238. The normalized spacial score (nSPS) is 20.2. The molecular weight excluding hydrogens is 433 g/mol. The molecule has 0 saturated heterocycles. The van der Waals surface area contributed by atoms with Crippen LogP contribution >= 0.6 is 11.8 Å². The number of alkyl halides is 3. The van der Waals surface area contributed by atoms with Gasteiger partial charge in [0.2, 0.25) is 5.66 Å². The average Bonchev–Trinajstić information content (AvgIpc) is 3.11. The summed E-state index contributed by atoms with van der Waals surface area (Å²) in [6.07, 6.45) is -4.94. The monoisotopic (exact) mass is 450 g/mol. The molecule has 0 spiro atoms. The predicted octanol–water partition coefficient (Wildman–Crippen LogP) is 3.93. The van der Waals surface area contributed by atoms with Crippen molar-refractivity contribution in [2.75, 3.05) is 18.6 Å². The Morgan fingerprint density at radius 1 is 1.16 bits per heavy atom. The molecule has 0 unspecified atom stereocenters. The average molecular weight is 450 g/mol. The summed E-state index contributed by atoms with van der Waals surface area (Å²) in [6.45, 7) is 1.53. The van der Waals surface area contributed by atoms with E-state index in [-0.39, 0.29) is 22.9 Å². The highest BCUT2D eigenvalue weighted by Crippen LogP contribution is 2.57. The minimum absolute atomic E-state index is 0.0244. The zero-order valence-corrected chi connectivity index (χ0v) is 17.3. The third-order valence-corrected chi connectivity index (χ3v) is 6.13. The van der Waals surface area contributed by atoms with Gasteiger partial charge in [0.05, 0.1) is 19.4 Å². The summed E-state index contributed by atoms with van der Waals surface area (Å²) in [5.41, 5.74) is -3.40. The highest BCUT2D eigenvalue weighted by Gasteiger charge is 2.66. The molecule has 2 aliphatic heterocycles. The Bertz CT molecular complexity index is 1080. The lowest BCUT2D eigenvalue weighted by molar-refractivity contribution is -0.202.